The Labute approximate surface area is 149 Å². The molecule has 0 saturated carbocycles. The Morgan fingerprint density at radius 3 is 2.80 bits per heavy atom. The monoisotopic (exact) mass is 354 g/mol. The van der Waals surface area contributed by atoms with E-state index in [9.17, 15) is 4.79 Å². The van der Waals surface area contributed by atoms with E-state index >= 15 is 0 Å². The van der Waals surface area contributed by atoms with Gasteiger partial charge in [-0.1, -0.05) is 35.6 Å². The van der Waals surface area contributed by atoms with Crippen LogP contribution in [0.4, 0.5) is 5.13 Å². The number of anilines is 1. The van der Waals surface area contributed by atoms with Gasteiger partial charge in [-0.3, -0.25) is 9.78 Å². The molecule has 0 bridgehead atoms. The van der Waals surface area contributed by atoms with Gasteiger partial charge in [0.25, 0.3) is 0 Å². The lowest BCUT2D eigenvalue weighted by Crippen LogP contribution is -2.12. The van der Waals surface area contributed by atoms with Gasteiger partial charge in [-0.2, -0.15) is 0 Å². The van der Waals surface area contributed by atoms with Gasteiger partial charge in [0, 0.05) is 12.6 Å². The number of carbonyl (C=O) groups excluding carboxylic acids is 1. The van der Waals surface area contributed by atoms with Crippen molar-refractivity contribution in [1.29, 1.82) is 0 Å². The Kier molecular flexibility index (Phi) is 5.69. The van der Waals surface area contributed by atoms with Crippen LogP contribution < -0.4 is 10.1 Å². The number of carbonyl (C=O) groups is 1. The summed E-state index contributed by atoms with van der Waals surface area (Å²) in [6.07, 6.45) is 2.65. The zero-order valence-electron chi connectivity index (χ0n) is 13.8. The molecule has 2 aromatic heterocycles. The third kappa shape index (κ3) is 4.60. The predicted octanol–water partition coefficient (Wildman–Crippen LogP) is 3.57. The normalized spacial score (nSPS) is 10.4. The van der Waals surface area contributed by atoms with E-state index in [0.29, 0.717) is 29.6 Å². The molecule has 3 rings (SSSR count). The fourth-order valence-electron chi connectivity index (χ4n) is 2.30. The highest BCUT2D eigenvalue weighted by molar-refractivity contribution is 7.18. The van der Waals surface area contributed by atoms with Crippen molar-refractivity contribution in [2.75, 3.05) is 11.9 Å². The molecule has 3 aromatic rings. The van der Waals surface area contributed by atoms with Crippen molar-refractivity contribution in [2.24, 2.45) is 0 Å². The lowest BCUT2D eigenvalue weighted by atomic mass is 10.1. The molecule has 0 radical (unpaired) electrons. The maximum atomic E-state index is 12.2. The molecule has 0 spiro atoms. The predicted molar refractivity (Wildman–Crippen MR) is 97.7 cm³/mol. The molecule has 7 heteroatoms. The fraction of sp³-hybridized carbons (Fsp3) is 0.222. The number of nitrogens with zero attached hydrogens (tertiary/aromatic N) is 3. The number of ether oxygens (including phenoxy) is 1. The number of amides is 1. The number of hydrogen-bond acceptors (Lipinski definition) is 6. The lowest BCUT2D eigenvalue weighted by Gasteiger charge is -2.09. The average molecular weight is 354 g/mol. The first-order valence-electron chi connectivity index (χ1n) is 8.01. The Balaban J connectivity index is 1.58. The van der Waals surface area contributed by atoms with Gasteiger partial charge in [-0.05, 0) is 37.1 Å². The van der Waals surface area contributed by atoms with Gasteiger partial charge in [-0.15, -0.1) is 10.2 Å². The molecular weight excluding hydrogens is 336 g/mol. The number of hydrogen-bond donors (Lipinski definition) is 1. The van der Waals surface area contributed by atoms with Crippen LogP contribution in [0.5, 0.6) is 5.75 Å². The second-order valence-corrected chi connectivity index (χ2v) is 6.19. The number of aryl methyl sites for hydroxylation is 1. The van der Waals surface area contributed by atoms with Gasteiger partial charge in [-0.25, -0.2) is 0 Å². The van der Waals surface area contributed by atoms with E-state index in [1.807, 2.05) is 49.4 Å². The summed E-state index contributed by atoms with van der Waals surface area (Å²) >= 11 is 1.31. The number of benzene rings is 1. The fourth-order valence-corrected chi connectivity index (χ4v) is 3.04. The number of pyridine rings is 1. The highest BCUT2D eigenvalue weighted by Gasteiger charge is 2.11. The van der Waals surface area contributed by atoms with Crippen LogP contribution in [0.15, 0.2) is 48.7 Å². The Bertz CT molecular complexity index is 836. The Morgan fingerprint density at radius 2 is 2.00 bits per heavy atom. The average Bonchev–Trinajstić information content (AvgIpc) is 3.10. The second kappa shape index (κ2) is 8.34. The van der Waals surface area contributed by atoms with Gasteiger partial charge in [0.2, 0.25) is 11.0 Å². The van der Waals surface area contributed by atoms with Gasteiger partial charge < -0.3 is 10.1 Å². The minimum atomic E-state index is -0.102. The molecule has 1 aromatic carbocycles. The highest BCUT2D eigenvalue weighted by Crippen LogP contribution is 2.25. The Hall–Kier alpha value is -2.80. The lowest BCUT2D eigenvalue weighted by molar-refractivity contribution is -0.116. The summed E-state index contributed by atoms with van der Waals surface area (Å²) in [6, 6.07) is 13.3. The van der Waals surface area contributed by atoms with E-state index in [1.54, 1.807) is 6.20 Å². The molecule has 0 fully saturated rings. The molecule has 0 aliphatic carbocycles. The molecule has 128 valence electrons. The Morgan fingerprint density at radius 1 is 1.16 bits per heavy atom. The van der Waals surface area contributed by atoms with Gasteiger partial charge in [0.15, 0.2) is 5.01 Å². The minimum absolute atomic E-state index is 0.102. The van der Waals surface area contributed by atoms with E-state index < -0.39 is 0 Å². The van der Waals surface area contributed by atoms with Crippen LogP contribution in [0.1, 0.15) is 18.9 Å². The highest BCUT2D eigenvalue weighted by atomic mass is 32.1. The third-order valence-electron chi connectivity index (χ3n) is 3.45. The third-order valence-corrected chi connectivity index (χ3v) is 4.31. The molecule has 0 aliphatic rings. The van der Waals surface area contributed by atoms with Gasteiger partial charge >= 0.3 is 0 Å². The smallest absolute Gasteiger partial charge is 0.226 e. The van der Waals surface area contributed by atoms with Crippen LogP contribution in [0.2, 0.25) is 0 Å². The first kappa shape index (κ1) is 17.0. The standard InChI is InChI=1S/C18H18N4O2S/c1-2-24-15-9-4-3-7-13(15)10-11-16(23)20-18-22-21-17(25-18)14-8-5-6-12-19-14/h3-9,12H,2,10-11H2,1H3,(H,20,22,23). The molecule has 1 amide bonds. The van der Waals surface area contributed by atoms with Crippen LogP contribution in [0.3, 0.4) is 0 Å². The van der Waals surface area contributed by atoms with Gasteiger partial charge in [0.05, 0.1) is 6.61 Å². The van der Waals surface area contributed by atoms with Crippen LogP contribution in [-0.2, 0) is 11.2 Å². The van der Waals surface area contributed by atoms with Crippen LogP contribution in [0.25, 0.3) is 10.7 Å². The van der Waals surface area contributed by atoms with Crippen molar-refractivity contribution in [3.8, 4) is 16.5 Å². The number of rotatable bonds is 7. The summed E-state index contributed by atoms with van der Waals surface area (Å²) in [4.78, 5) is 16.4. The molecular formula is C18H18N4O2S. The molecule has 1 N–H and O–H groups in total. The summed E-state index contributed by atoms with van der Waals surface area (Å²) in [6.45, 7) is 2.54. The number of para-hydroxylation sites is 1. The summed E-state index contributed by atoms with van der Waals surface area (Å²) in [5.74, 6) is 0.723. The molecule has 25 heavy (non-hydrogen) atoms. The molecule has 0 saturated heterocycles. The van der Waals surface area contributed by atoms with E-state index in [0.717, 1.165) is 17.0 Å². The number of nitrogens with one attached hydrogen (secondary N) is 1. The minimum Gasteiger partial charge on any atom is -0.494 e. The zero-order valence-corrected chi connectivity index (χ0v) is 14.6. The maximum absolute atomic E-state index is 12.2. The van der Waals surface area contributed by atoms with E-state index in [1.165, 1.54) is 11.3 Å². The van der Waals surface area contributed by atoms with Crippen molar-refractivity contribution in [2.45, 2.75) is 19.8 Å². The first-order valence-corrected chi connectivity index (χ1v) is 8.83. The summed E-state index contributed by atoms with van der Waals surface area (Å²) in [7, 11) is 0. The van der Waals surface area contributed by atoms with E-state index in [4.69, 9.17) is 4.74 Å². The van der Waals surface area contributed by atoms with Crippen LogP contribution >= 0.6 is 11.3 Å². The summed E-state index contributed by atoms with van der Waals surface area (Å²) in [5.41, 5.74) is 1.76. The summed E-state index contributed by atoms with van der Waals surface area (Å²) < 4.78 is 5.58. The zero-order chi connectivity index (χ0) is 17.5. The first-order chi connectivity index (χ1) is 12.3. The topological polar surface area (TPSA) is 77.0 Å². The van der Waals surface area contributed by atoms with E-state index in [-0.39, 0.29) is 5.91 Å². The second-order valence-electron chi connectivity index (χ2n) is 5.22. The van der Waals surface area contributed by atoms with Gasteiger partial charge in [0.1, 0.15) is 11.4 Å². The van der Waals surface area contributed by atoms with Crippen molar-refractivity contribution < 1.29 is 9.53 Å². The summed E-state index contributed by atoms with van der Waals surface area (Å²) in [5, 5.41) is 12.0. The molecule has 0 unspecified atom stereocenters. The van der Waals surface area contributed by atoms with Crippen molar-refractivity contribution in [3.63, 3.8) is 0 Å². The molecule has 2 heterocycles. The molecule has 0 atom stereocenters. The van der Waals surface area contributed by atoms with Crippen molar-refractivity contribution >= 4 is 22.4 Å². The molecule has 0 aliphatic heterocycles. The molecule has 6 nitrogen and oxygen atoms in total. The maximum Gasteiger partial charge on any atom is 0.226 e. The largest absolute Gasteiger partial charge is 0.494 e. The quantitative estimate of drug-likeness (QED) is 0.702. The van der Waals surface area contributed by atoms with Crippen molar-refractivity contribution in [3.05, 3.63) is 54.2 Å². The number of aromatic nitrogens is 3. The van der Waals surface area contributed by atoms with Crippen LogP contribution in [0, 0.1) is 0 Å². The SMILES string of the molecule is CCOc1ccccc1CCC(=O)Nc1nnc(-c2ccccn2)s1. The van der Waals surface area contributed by atoms with E-state index in [2.05, 4.69) is 20.5 Å². The van der Waals surface area contributed by atoms with Crippen LogP contribution in [-0.4, -0.2) is 27.7 Å². The van der Waals surface area contributed by atoms with Crippen molar-refractivity contribution in [1.82, 2.24) is 15.2 Å².